The monoisotopic (exact) mass is 480 g/mol. The Kier molecular flexibility index (Phi) is 6.04. The number of amides is 1. The number of nitrogens with zero attached hydrogens (tertiary/aromatic N) is 5. The molecule has 9 nitrogen and oxygen atoms in total. The Labute approximate surface area is 203 Å². The van der Waals surface area contributed by atoms with Crippen LogP contribution in [0.3, 0.4) is 0 Å². The van der Waals surface area contributed by atoms with Crippen molar-refractivity contribution in [1.82, 2.24) is 24.5 Å². The molecule has 0 saturated carbocycles. The van der Waals surface area contributed by atoms with Crippen LogP contribution in [0.2, 0.25) is 0 Å². The van der Waals surface area contributed by atoms with Crippen molar-refractivity contribution >= 4 is 23.3 Å². The number of aromatic nitrogens is 4. The second kappa shape index (κ2) is 9.16. The first-order valence-corrected chi connectivity index (χ1v) is 11.8. The van der Waals surface area contributed by atoms with Crippen molar-refractivity contribution in [3.8, 4) is 5.75 Å². The van der Waals surface area contributed by atoms with Crippen LogP contribution in [0.1, 0.15) is 50.3 Å². The predicted octanol–water partition coefficient (Wildman–Crippen LogP) is 4.22. The van der Waals surface area contributed by atoms with Crippen LogP contribution in [0.25, 0.3) is 11.2 Å². The number of halogens is 1. The number of carbonyl (C=O) groups is 1. The van der Waals surface area contributed by atoms with Gasteiger partial charge >= 0.3 is 6.09 Å². The Morgan fingerprint density at radius 3 is 2.94 bits per heavy atom. The van der Waals surface area contributed by atoms with Gasteiger partial charge in [-0.15, -0.1) is 10.2 Å². The van der Waals surface area contributed by atoms with Gasteiger partial charge in [-0.3, -0.25) is 4.40 Å². The average Bonchev–Trinajstić information content (AvgIpc) is 3.42. The first kappa shape index (κ1) is 23.1. The van der Waals surface area contributed by atoms with Crippen LogP contribution in [0.15, 0.2) is 30.7 Å². The molecule has 2 aliphatic heterocycles. The van der Waals surface area contributed by atoms with E-state index in [1.807, 2.05) is 20.8 Å². The van der Waals surface area contributed by atoms with Gasteiger partial charge in [-0.2, -0.15) is 0 Å². The van der Waals surface area contributed by atoms with E-state index < -0.39 is 5.60 Å². The SMILES string of the molecule is CC(C)(C)OC(=O)N1CCC=C(c2cnc(NCc3c(F)ccc4c3CCO4)n3cnnc23)CC1. The van der Waals surface area contributed by atoms with Crippen molar-refractivity contribution in [3.05, 3.63) is 53.2 Å². The molecule has 10 heteroatoms. The Bertz CT molecular complexity index is 1300. The molecule has 0 atom stereocenters. The zero-order valence-corrected chi connectivity index (χ0v) is 20.2. The van der Waals surface area contributed by atoms with Gasteiger partial charge in [0, 0.05) is 48.9 Å². The number of fused-ring (bicyclic) bond motifs is 2. The molecule has 35 heavy (non-hydrogen) atoms. The summed E-state index contributed by atoms with van der Waals surface area (Å²) in [4.78, 5) is 18.8. The van der Waals surface area contributed by atoms with Crippen LogP contribution < -0.4 is 10.1 Å². The number of anilines is 1. The van der Waals surface area contributed by atoms with Gasteiger partial charge in [0.15, 0.2) is 5.65 Å². The molecule has 2 aromatic heterocycles. The molecule has 1 aromatic carbocycles. The number of rotatable bonds is 4. The number of benzene rings is 1. The molecule has 4 heterocycles. The summed E-state index contributed by atoms with van der Waals surface area (Å²) >= 11 is 0. The second-order valence-electron chi connectivity index (χ2n) is 9.71. The van der Waals surface area contributed by atoms with E-state index in [0.29, 0.717) is 56.1 Å². The number of nitrogens with one attached hydrogen (secondary N) is 1. The molecule has 1 N–H and O–H groups in total. The molecule has 3 aromatic rings. The minimum absolute atomic E-state index is 0.267. The van der Waals surface area contributed by atoms with Gasteiger partial charge in [-0.1, -0.05) is 6.08 Å². The second-order valence-corrected chi connectivity index (χ2v) is 9.71. The largest absolute Gasteiger partial charge is 0.493 e. The molecular formula is C25H29FN6O3. The van der Waals surface area contributed by atoms with E-state index in [1.165, 1.54) is 6.07 Å². The van der Waals surface area contributed by atoms with E-state index in [0.717, 1.165) is 22.4 Å². The van der Waals surface area contributed by atoms with Crippen molar-refractivity contribution in [1.29, 1.82) is 0 Å². The summed E-state index contributed by atoms with van der Waals surface area (Å²) in [5.41, 5.74) is 3.52. The van der Waals surface area contributed by atoms with Gasteiger partial charge in [0.25, 0.3) is 0 Å². The Balaban J connectivity index is 1.33. The molecular weight excluding hydrogens is 451 g/mol. The van der Waals surface area contributed by atoms with E-state index >= 15 is 0 Å². The summed E-state index contributed by atoms with van der Waals surface area (Å²) in [7, 11) is 0. The minimum Gasteiger partial charge on any atom is -0.493 e. The summed E-state index contributed by atoms with van der Waals surface area (Å²) in [6.07, 6.45) is 7.21. The highest BCUT2D eigenvalue weighted by atomic mass is 19.1. The predicted molar refractivity (Wildman–Crippen MR) is 129 cm³/mol. The van der Waals surface area contributed by atoms with Gasteiger partial charge in [-0.05, 0) is 51.3 Å². The maximum Gasteiger partial charge on any atom is 0.410 e. The number of hydrogen-bond donors (Lipinski definition) is 1. The minimum atomic E-state index is -0.532. The van der Waals surface area contributed by atoms with E-state index in [4.69, 9.17) is 9.47 Å². The highest BCUT2D eigenvalue weighted by Crippen LogP contribution is 2.31. The molecule has 184 valence electrons. The van der Waals surface area contributed by atoms with Gasteiger partial charge in [0.05, 0.1) is 6.61 Å². The zero-order valence-electron chi connectivity index (χ0n) is 20.2. The van der Waals surface area contributed by atoms with E-state index in [2.05, 4.69) is 26.6 Å². The van der Waals surface area contributed by atoms with Crippen LogP contribution in [0.5, 0.6) is 5.75 Å². The molecule has 0 fully saturated rings. The Hall–Kier alpha value is -3.69. The lowest BCUT2D eigenvalue weighted by Crippen LogP contribution is -2.37. The maximum absolute atomic E-state index is 14.5. The first-order valence-electron chi connectivity index (χ1n) is 11.8. The average molecular weight is 481 g/mol. The van der Waals surface area contributed by atoms with E-state index in [9.17, 15) is 9.18 Å². The molecule has 0 saturated heterocycles. The summed E-state index contributed by atoms with van der Waals surface area (Å²) in [6, 6.07) is 3.11. The molecule has 0 radical (unpaired) electrons. The van der Waals surface area contributed by atoms with E-state index in [-0.39, 0.29) is 18.5 Å². The molecule has 5 rings (SSSR count). The third-order valence-corrected chi connectivity index (χ3v) is 6.14. The van der Waals surface area contributed by atoms with Crippen molar-refractivity contribution in [2.75, 3.05) is 25.0 Å². The number of hydrogen-bond acceptors (Lipinski definition) is 7. The first-order chi connectivity index (χ1) is 16.8. The standard InChI is InChI=1S/C25H29FN6O3/c1-25(2,3)35-24(33)31-10-4-5-16(8-11-31)18-13-27-23(32-15-29-30-22(18)32)28-14-19-17-9-12-34-21(17)7-6-20(19)26/h5-7,13,15H,4,8-12,14H2,1-3H3,(H,27,28). The lowest BCUT2D eigenvalue weighted by Gasteiger charge is -2.26. The maximum atomic E-state index is 14.5. The topological polar surface area (TPSA) is 93.9 Å². The van der Waals surface area contributed by atoms with Crippen molar-refractivity contribution in [3.63, 3.8) is 0 Å². The fraction of sp³-hybridized carbons (Fsp3) is 0.440. The van der Waals surface area contributed by atoms with Gasteiger partial charge < -0.3 is 19.7 Å². The van der Waals surface area contributed by atoms with Crippen LogP contribution in [-0.2, 0) is 17.7 Å². The van der Waals surface area contributed by atoms with Gasteiger partial charge in [0.2, 0.25) is 5.95 Å². The van der Waals surface area contributed by atoms with Crippen molar-refractivity contribution < 1.29 is 18.7 Å². The molecule has 1 amide bonds. The van der Waals surface area contributed by atoms with Crippen LogP contribution >= 0.6 is 0 Å². The summed E-state index contributed by atoms with van der Waals surface area (Å²) in [5.74, 6) is 0.993. The summed E-state index contributed by atoms with van der Waals surface area (Å²) < 4.78 is 27.4. The lowest BCUT2D eigenvalue weighted by molar-refractivity contribution is 0.0260. The molecule has 0 bridgehead atoms. The van der Waals surface area contributed by atoms with E-state index in [1.54, 1.807) is 27.9 Å². The van der Waals surface area contributed by atoms with Gasteiger partial charge in [0.1, 0.15) is 23.5 Å². The highest BCUT2D eigenvalue weighted by molar-refractivity contribution is 5.77. The quantitative estimate of drug-likeness (QED) is 0.597. The van der Waals surface area contributed by atoms with Crippen LogP contribution in [0.4, 0.5) is 15.1 Å². The van der Waals surface area contributed by atoms with Crippen molar-refractivity contribution in [2.45, 2.75) is 52.2 Å². The van der Waals surface area contributed by atoms with Crippen molar-refractivity contribution in [2.24, 2.45) is 0 Å². The molecule has 0 aliphatic carbocycles. The Morgan fingerprint density at radius 1 is 1.26 bits per heavy atom. The Morgan fingerprint density at radius 2 is 2.11 bits per heavy atom. The molecule has 2 aliphatic rings. The smallest absolute Gasteiger partial charge is 0.410 e. The normalized spacial score (nSPS) is 15.9. The summed E-state index contributed by atoms with van der Waals surface area (Å²) in [5, 5.41) is 11.6. The summed E-state index contributed by atoms with van der Waals surface area (Å²) in [6.45, 7) is 7.56. The lowest BCUT2D eigenvalue weighted by atomic mass is 10.0. The van der Waals surface area contributed by atoms with Crippen LogP contribution in [-0.4, -0.2) is 55.9 Å². The molecule has 0 unspecified atom stereocenters. The fourth-order valence-electron chi connectivity index (χ4n) is 4.47. The third kappa shape index (κ3) is 4.78. The van der Waals surface area contributed by atoms with Gasteiger partial charge in [-0.25, -0.2) is 14.2 Å². The number of carbonyl (C=O) groups excluding carboxylic acids is 1. The zero-order chi connectivity index (χ0) is 24.6. The third-order valence-electron chi connectivity index (χ3n) is 6.14. The highest BCUT2D eigenvalue weighted by Gasteiger charge is 2.24. The number of ether oxygens (including phenoxy) is 2. The molecule has 0 spiro atoms. The fourth-order valence-corrected chi connectivity index (χ4v) is 4.47. The van der Waals surface area contributed by atoms with Crippen LogP contribution in [0, 0.1) is 5.82 Å².